The van der Waals surface area contributed by atoms with Crippen molar-refractivity contribution in [2.75, 3.05) is 5.32 Å². The van der Waals surface area contributed by atoms with Gasteiger partial charge in [-0.25, -0.2) is 0 Å². The van der Waals surface area contributed by atoms with Crippen LogP contribution in [0.1, 0.15) is 138 Å². The van der Waals surface area contributed by atoms with E-state index in [1.165, 1.54) is 39.8 Å². The minimum Gasteiger partial charge on any atom is -0.457 e. The standard InChI is InChI=1S/C72H66F24N2O/c1-11-57(3,4)59(7,8)41-43-23-25-44(26-24-43)42-97-55-37-31-49(39-53(55)63(69(85,86)87,70(88,89)90)45-19-15-13-16-20-45)61(65(73,74)75,66(76,77)78)47-27-33-51(34-28-47)99-52-35-29-48(30-36-52)62(67(79,80)81,68(82,83)84)50-32-38-56(98-60(9,10)58(5,6)12-2)54(40-50)64(71(91,92)93,72(94,95)96)46-21-17-14-18-22-46/h13-40,42,98H,11-12,41H2,1-10H3. The lowest BCUT2D eigenvalue weighted by molar-refractivity contribution is -0.292. The molecule has 0 aliphatic carbocycles. The van der Waals surface area contributed by atoms with Gasteiger partial charge in [-0.3, -0.25) is 4.99 Å². The molecule has 1 N–H and O–H groups in total. The van der Waals surface area contributed by atoms with Gasteiger partial charge in [0, 0.05) is 28.6 Å². The molecule has 0 bridgehead atoms. The van der Waals surface area contributed by atoms with Gasteiger partial charge >= 0.3 is 49.4 Å². The number of benzene rings is 7. The Kier molecular flexibility index (Phi) is 20.8. The van der Waals surface area contributed by atoms with Crippen molar-refractivity contribution < 1.29 is 110 Å². The number of ether oxygens (including phenoxy) is 1. The number of aliphatic imine (C=N–C) groups is 1. The molecule has 0 fully saturated rings. The highest BCUT2D eigenvalue weighted by Crippen LogP contribution is 2.64. The van der Waals surface area contributed by atoms with Crippen molar-refractivity contribution >= 4 is 17.6 Å². The fourth-order valence-electron chi connectivity index (χ4n) is 12.3. The van der Waals surface area contributed by atoms with Crippen LogP contribution < -0.4 is 10.1 Å². The van der Waals surface area contributed by atoms with Crippen LogP contribution in [0.25, 0.3) is 0 Å². The summed E-state index contributed by atoms with van der Waals surface area (Å²) >= 11 is 0. The zero-order chi connectivity index (χ0) is 74.8. The topological polar surface area (TPSA) is 33.6 Å². The number of alkyl halides is 24. The number of hydrogen-bond donors (Lipinski definition) is 1. The Balaban J connectivity index is 1.40. The summed E-state index contributed by atoms with van der Waals surface area (Å²) in [6, 6.07) is 12.6. The Morgan fingerprint density at radius 3 is 1.01 bits per heavy atom. The van der Waals surface area contributed by atoms with Crippen molar-refractivity contribution in [3.8, 4) is 11.5 Å². The molecule has 7 rings (SSSR count). The van der Waals surface area contributed by atoms with Crippen molar-refractivity contribution in [1.82, 2.24) is 0 Å². The Labute approximate surface area is 554 Å². The third kappa shape index (κ3) is 13.6. The molecule has 7 aromatic rings. The van der Waals surface area contributed by atoms with Crippen molar-refractivity contribution in [3.05, 3.63) is 225 Å². The molecule has 0 aliphatic rings. The molecule has 0 radical (unpaired) electrons. The van der Waals surface area contributed by atoms with E-state index in [2.05, 4.69) is 10.3 Å². The van der Waals surface area contributed by atoms with Crippen molar-refractivity contribution in [3.63, 3.8) is 0 Å². The number of rotatable bonds is 20. The monoisotopic (exact) mass is 1430 g/mol. The lowest BCUT2D eigenvalue weighted by atomic mass is 9.64. The highest BCUT2D eigenvalue weighted by Gasteiger charge is 2.78. The summed E-state index contributed by atoms with van der Waals surface area (Å²) in [5, 5.41) is 2.53. The molecule has 3 nitrogen and oxygen atoms in total. The molecular weight excluding hydrogens is 1360 g/mol. The molecule has 538 valence electrons. The van der Waals surface area contributed by atoms with Crippen LogP contribution in [-0.4, -0.2) is 61.2 Å². The Morgan fingerprint density at radius 1 is 0.333 bits per heavy atom. The zero-order valence-electron chi connectivity index (χ0n) is 54.3. The van der Waals surface area contributed by atoms with Gasteiger partial charge in [-0.05, 0) is 124 Å². The molecule has 0 heterocycles. The second-order valence-corrected chi connectivity index (χ2v) is 26.6. The fourth-order valence-corrected chi connectivity index (χ4v) is 12.3. The molecule has 0 unspecified atom stereocenters. The van der Waals surface area contributed by atoms with Crippen LogP contribution in [0.5, 0.6) is 11.5 Å². The lowest BCUT2D eigenvalue weighted by Crippen LogP contribution is -2.57. The fraction of sp³-hybridized carbons (Fsp3) is 0.403. The zero-order valence-corrected chi connectivity index (χ0v) is 54.3. The van der Waals surface area contributed by atoms with Crippen LogP contribution in [0, 0.1) is 16.2 Å². The summed E-state index contributed by atoms with van der Waals surface area (Å²) in [5.41, 5.74) is -43.0. The predicted octanol–water partition coefficient (Wildman–Crippen LogP) is 24.5. The first kappa shape index (κ1) is 78.5. The van der Waals surface area contributed by atoms with Gasteiger partial charge in [0.25, 0.3) is 0 Å². The first-order chi connectivity index (χ1) is 45.1. The average molecular weight is 1430 g/mol. The molecule has 0 aliphatic heterocycles. The van der Waals surface area contributed by atoms with E-state index >= 15 is 105 Å². The first-order valence-corrected chi connectivity index (χ1v) is 30.3. The van der Waals surface area contributed by atoms with Crippen molar-refractivity contribution in [1.29, 1.82) is 0 Å². The van der Waals surface area contributed by atoms with Gasteiger partial charge in [0.1, 0.15) is 11.5 Å². The summed E-state index contributed by atoms with van der Waals surface area (Å²) in [7, 11) is 0. The Bertz CT molecular complexity index is 3890. The van der Waals surface area contributed by atoms with Crippen LogP contribution in [0.15, 0.2) is 175 Å². The van der Waals surface area contributed by atoms with Crippen LogP contribution in [0.3, 0.4) is 0 Å². The van der Waals surface area contributed by atoms with Gasteiger partial charge in [-0.2, -0.15) is 105 Å². The van der Waals surface area contributed by atoms with Crippen molar-refractivity contribution in [2.45, 2.75) is 165 Å². The summed E-state index contributed by atoms with van der Waals surface area (Å²) in [5.74, 6) is -1.76. The first-order valence-electron chi connectivity index (χ1n) is 30.3. The lowest BCUT2D eigenvalue weighted by Gasteiger charge is -2.46. The molecular formula is C72H66F24N2O. The number of nitrogens with zero attached hydrogens (tertiary/aromatic N) is 1. The molecule has 0 aromatic heterocycles. The van der Waals surface area contributed by atoms with E-state index in [-0.39, 0.29) is 71.3 Å². The van der Waals surface area contributed by atoms with Gasteiger partial charge in [0.15, 0.2) is 0 Å². The summed E-state index contributed by atoms with van der Waals surface area (Å²) in [6.45, 7) is 17.3. The quantitative estimate of drug-likeness (QED) is 0.0610. The van der Waals surface area contributed by atoms with E-state index in [9.17, 15) is 0 Å². The largest absolute Gasteiger partial charge is 0.457 e. The molecule has 99 heavy (non-hydrogen) atoms. The third-order valence-electron chi connectivity index (χ3n) is 20.0. The van der Waals surface area contributed by atoms with E-state index in [1.54, 1.807) is 19.1 Å². The molecule has 0 atom stereocenters. The van der Waals surface area contributed by atoms with E-state index in [0.717, 1.165) is 42.5 Å². The number of halogens is 24. The van der Waals surface area contributed by atoms with Gasteiger partial charge in [0.05, 0.1) is 5.69 Å². The Morgan fingerprint density at radius 2 is 0.657 bits per heavy atom. The second-order valence-electron chi connectivity index (χ2n) is 26.6. The number of nitrogens with one attached hydrogen (secondary N) is 1. The van der Waals surface area contributed by atoms with Crippen molar-refractivity contribution in [2.24, 2.45) is 21.2 Å². The smallest absolute Gasteiger partial charge is 0.411 e. The Hall–Kier alpha value is -7.87. The molecule has 0 amide bonds. The van der Waals surface area contributed by atoms with E-state index in [0.29, 0.717) is 67.1 Å². The maximum Gasteiger partial charge on any atom is 0.411 e. The van der Waals surface area contributed by atoms with E-state index < -0.39 is 162 Å². The van der Waals surface area contributed by atoms with Crippen LogP contribution in [0.2, 0.25) is 0 Å². The highest BCUT2D eigenvalue weighted by molar-refractivity contribution is 5.83. The minimum absolute atomic E-state index is 0.0125. The van der Waals surface area contributed by atoms with Gasteiger partial charge in [-0.15, -0.1) is 0 Å². The minimum atomic E-state index is -6.74. The number of hydrogen-bond acceptors (Lipinski definition) is 3. The molecule has 7 aromatic carbocycles. The summed E-state index contributed by atoms with van der Waals surface area (Å²) in [4.78, 5) is 3.85. The highest BCUT2D eigenvalue weighted by atomic mass is 19.4. The van der Waals surface area contributed by atoms with E-state index in [1.807, 2.05) is 34.6 Å². The molecule has 0 spiro atoms. The second kappa shape index (κ2) is 26.3. The molecule has 0 saturated heterocycles. The predicted molar refractivity (Wildman–Crippen MR) is 327 cm³/mol. The molecule has 0 saturated carbocycles. The normalized spacial score (nSPS) is 14.4. The van der Waals surface area contributed by atoms with Crippen LogP contribution in [0.4, 0.5) is 117 Å². The van der Waals surface area contributed by atoms with Crippen LogP contribution in [-0.2, 0) is 28.1 Å². The maximum absolute atomic E-state index is 15.9. The summed E-state index contributed by atoms with van der Waals surface area (Å²) < 4.78 is 386. The van der Waals surface area contributed by atoms with Crippen LogP contribution >= 0.6 is 0 Å². The third-order valence-corrected chi connectivity index (χ3v) is 20.0. The van der Waals surface area contributed by atoms with E-state index in [4.69, 9.17) is 4.74 Å². The maximum atomic E-state index is 15.9. The van der Waals surface area contributed by atoms with Gasteiger partial charge < -0.3 is 10.1 Å². The van der Waals surface area contributed by atoms with Gasteiger partial charge in [0.2, 0.25) is 21.7 Å². The SMILES string of the molecule is CCC(C)(C)C(C)(C)Cc1ccc(C=Nc2ccc(C(c3ccc(Oc4ccc(C(c5ccc(NC(C)(C)C(C)(C)CC)c(C(c6ccccc6)(C(F)(F)F)C(F)(F)F)c5)(C(F)(F)F)C(F)(F)F)cc4)cc3)(C(F)(F)F)C(F)(F)F)cc2C(c2ccccc2)(C(F)(F)F)C(F)(F)F)cc1. The molecule has 27 heteroatoms. The average Bonchev–Trinajstić information content (AvgIpc) is 0.703. The number of anilines is 1. The summed E-state index contributed by atoms with van der Waals surface area (Å²) in [6.07, 6.45) is -51.1. The van der Waals surface area contributed by atoms with Gasteiger partial charge in [-0.1, -0.05) is 195 Å².